The molecule has 0 saturated carbocycles. The molecule has 2 aromatic carbocycles. The van der Waals surface area contributed by atoms with Crippen molar-refractivity contribution in [2.45, 2.75) is 19.4 Å². The third-order valence-corrected chi connectivity index (χ3v) is 3.72. The van der Waals surface area contributed by atoms with Crippen LogP contribution >= 0.6 is 0 Å². The van der Waals surface area contributed by atoms with Crippen LogP contribution in [-0.2, 0) is 6.42 Å². The summed E-state index contributed by atoms with van der Waals surface area (Å²) in [7, 11) is 2.14. The number of hydrogen-bond acceptors (Lipinski definition) is 2. The number of aryl methyl sites for hydroxylation is 1. The third-order valence-electron chi connectivity index (χ3n) is 3.72. The number of likely N-dealkylation sites (N-methyl/N-ethyl adjacent to an activating group) is 1. The van der Waals surface area contributed by atoms with E-state index in [1.54, 1.807) is 0 Å². The summed E-state index contributed by atoms with van der Waals surface area (Å²) in [6.45, 7) is 4.04. The molecule has 106 valence electrons. The summed E-state index contributed by atoms with van der Waals surface area (Å²) >= 11 is 0. The van der Waals surface area contributed by atoms with Gasteiger partial charge in [0.25, 0.3) is 0 Å². The molecular weight excluding hydrogens is 244 g/mol. The maximum absolute atomic E-state index is 6.32. The maximum atomic E-state index is 6.32. The monoisotopic (exact) mass is 268 g/mol. The van der Waals surface area contributed by atoms with Crippen molar-refractivity contribution in [2.24, 2.45) is 5.73 Å². The van der Waals surface area contributed by atoms with Crippen molar-refractivity contribution in [3.63, 3.8) is 0 Å². The third kappa shape index (κ3) is 4.19. The van der Waals surface area contributed by atoms with Crippen molar-refractivity contribution in [1.82, 2.24) is 4.90 Å². The van der Waals surface area contributed by atoms with E-state index in [2.05, 4.69) is 73.5 Å². The van der Waals surface area contributed by atoms with E-state index in [1.165, 1.54) is 16.7 Å². The first kappa shape index (κ1) is 14.8. The Morgan fingerprint density at radius 3 is 2.35 bits per heavy atom. The maximum Gasteiger partial charge on any atom is 0.0426 e. The molecule has 0 spiro atoms. The number of nitrogens with zero attached hydrogens (tertiary/aromatic N) is 1. The molecule has 0 bridgehead atoms. The number of nitrogens with two attached hydrogens (primary N) is 1. The van der Waals surface area contributed by atoms with Gasteiger partial charge in [-0.25, -0.2) is 0 Å². The van der Waals surface area contributed by atoms with Gasteiger partial charge in [-0.05, 0) is 37.1 Å². The Balaban J connectivity index is 1.85. The van der Waals surface area contributed by atoms with E-state index in [4.69, 9.17) is 5.73 Å². The Morgan fingerprint density at radius 1 is 1.00 bits per heavy atom. The van der Waals surface area contributed by atoms with Crippen LogP contribution in [0.2, 0.25) is 0 Å². The highest BCUT2D eigenvalue weighted by molar-refractivity contribution is 5.28. The fourth-order valence-electron chi connectivity index (χ4n) is 2.49. The summed E-state index contributed by atoms with van der Waals surface area (Å²) in [5, 5.41) is 0. The number of benzene rings is 2. The molecule has 0 saturated heterocycles. The van der Waals surface area contributed by atoms with Gasteiger partial charge in [-0.3, -0.25) is 0 Å². The fourth-order valence-corrected chi connectivity index (χ4v) is 2.49. The summed E-state index contributed by atoms with van der Waals surface area (Å²) in [5.74, 6) is 0. The molecule has 0 radical (unpaired) electrons. The van der Waals surface area contributed by atoms with Gasteiger partial charge in [0.1, 0.15) is 0 Å². The molecule has 1 atom stereocenters. The predicted octanol–water partition coefficient (Wildman–Crippen LogP) is 3.17. The van der Waals surface area contributed by atoms with Gasteiger partial charge in [-0.1, -0.05) is 54.6 Å². The van der Waals surface area contributed by atoms with Crippen LogP contribution in [0.25, 0.3) is 0 Å². The van der Waals surface area contributed by atoms with Crippen LogP contribution in [0.15, 0.2) is 54.6 Å². The molecule has 0 fully saturated rings. The van der Waals surface area contributed by atoms with Gasteiger partial charge in [0, 0.05) is 19.1 Å². The zero-order valence-corrected chi connectivity index (χ0v) is 12.4. The zero-order chi connectivity index (χ0) is 14.4. The largest absolute Gasteiger partial charge is 0.323 e. The molecule has 0 aromatic heterocycles. The van der Waals surface area contributed by atoms with Gasteiger partial charge in [0.05, 0.1) is 0 Å². The van der Waals surface area contributed by atoms with Crippen molar-refractivity contribution in [3.05, 3.63) is 71.3 Å². The first-order valence-electron chi connectivity index (χ1n) is 7.20. The molecule has 2 N–H and O–H groups in total. The highest BCUT2D eigenvalue weighted by atomic mass is 15.1. The number of hydrogen-bond donors (Lipinski definition) is 1. The van der Waals surface area contributed by atoms with Gasteiger partial charge >= 0.3 is 0 Å². The van der Waals surface area contributed by atoms with E-state index in [-0.39, 0.29) is 6.04 Å². The minimum atomic E-state index is 0.0805. The molecule has 0 amide bonds. The molecule has 0 aliphatic carbocycles. The summed E-state index contributed by atoms with van der Waals surface area (Å²) in [6, 6.07) is 19.0. The van der Waals surface area contributed by atoms with Gasteiger partial charge in [0.15, 0.2) is 0 Å². The molecule has 2 aromatic rings. The van der Waals surface area contributed by atoms with Crippen molar-refractivity contribution in [1.29, 1.82) is 0 Å². The first-order valence-corrected chi connectivity index (χ1v) is 7.20. The van der Waals surface area contributed by atoms with Gasteiger partial charge < -0.3 is 10.6 Å². The Hall–Kier alpha value is -1.64. The SMILES string of the molecule is Cc1ccccc1C(N)CN(C)CCc1ccccc1. The number of rotatable bonds is 6. The Kier molecular flexibility index (Phi) is 5.33. The molecule has 2 heteroatoms. The summed E-state index contributed by atoms with van der Waals surface area (Å²) in [5.41, 5.74) is 10.2. The van der Waals surface area contributed by atoms with Crippen LogP contribution in [0.1, 0.15) is 22.7 Å². The fraction of sp³-hybridized carbons (Fsp3) is 0.333. The second-order valence-electron chi connectivity index (χ2n) is 5.46. The molecule has 0 aliphatic heterocycles. The molecule has 2 rings (SSSR count). The first-order chi connectivity index (χ1) is 9.66. The summed E-state index contributed by atoms with van der Waals surface area (Å²) in [4.78, 5) is 2.31. The van der Waals surface area contributed by atoms with Crippen molar-refractivity contribution >= 4 is 0 Å². The topological polar surface area (TPSA) is 29.3 Å². The van der Waals surface area contributed by atoms with E-state index in [0.717, 1.165) is 19.5 Å². The minimum absolute atomic E-state index is 0.0805. The van der Waals surface area contributed by atoms with Crippen LogP contribution in [0.4, 0.5) is 0 Å². The minimum Gasteiger partial charge on any atom is -0.323 e. The smallest absolute Gasteiger partial charge is 0.0426 e. The van der Waals surface area contributed by atoms with Gasteiger partial charge in [-0.2, -0.15) is 0 Å². The average molecular weight is 268 g/mol. The normalized spacial score (nSPS) is 12.6. The van der Waals surface area contributed by atoms with Gasteiger partial charge in [-0.15, -0.1) is 0 Å². The predicted molar refractivity (Wildman–Crippen MR) is 85.8 cm³/mol. The molecule has 2 nitrogen and oxygen atoms in total. The second-order valence-corrected chi connectivity index (χ2v) is 5.46. The molecule has 1 unspecified atom stereocenters. The quantitative estimate of drug-likeness (QED) is 0.872. The van der Waals surface area contributed by atoms with E-state index in [1.807, 2.05) is 0 Å². The standard InChI is InChI=1S/C18H24N2/c1-15-8-6-7-11-17(15)18(19)14-20(2)13-12-16-9-4-3-5-10-16/h3-11,18H,12-14,19H2,1-2H3. The van der Waals surface area contributed by atoms with Crippen molar-refractivity contribution < 1.29 is 0 Å². The van der Waals surface area contributed by atoms with Crippen molar-refractivity contribution in [3.8, 4) is 0 Å². The van der Waals surface area contributed by atoms with Gasteiger partial charge in [0.2, 0.25) is 0 Å². The van der Waals surface area contributed by atoms with Crippen LogP contribution in [-0.4, -0.2) is 25.0 Å². The lowest BCUT2D eigenvalue weighted by molar-refractivity contribution is 0.316. The lowest BCUT2D eigenvalue weighted by Crippen LogP contribution is -2.31. The highest BCUT2D eigenvalue weighted by Gasteiger charge is 2.11. The zero-order valence-electron chi connectivity index (χ0n) is 12.4. The Morgan fingerprint density at radius 2 is 1.65 bits per heavy atom. The highest BCUT2D eigenvalue weighted by Crippen LogP contribution is 2.16. The summed E-state index contributed by atoms with van der Waals surface area (Å²) in [6.07, 6.45) is 1.07. The lowest BCUT2D eigenvalue weighted by atomic mass is 10.0. The Bertz CT molecular complexity index is 522. The van der Waals surface area contributed by atoms with E-state index < -0.39 is 0 Å². The van der Waals surface area contributed by atoms with E-state index >= 15 is 0 Å². The van der Waals surface area contributed by atoms with Crippen LogP contribution in [0, 0.1) is 6.92 Å². The second kappa shape index (κ2) is 7.22. The van der Waals surface area contributed by atoms with Crippen molar-refractivity contribution in [2.75, 3.05) is 20.1 Å². The van der Waals surface area contributed by atoms with Crippen LogP contribution in [0.5, 0.6) is 0 Å². The molecular formula is C18H24N2. The molecule has 0 aliphatic rings. The average Bonchev–Trinajstić information content (AvgIpc) is 2.46. The van der Waals surface area contributed by atoms with E-state index in [0.29, 0.717) is 0 Å². The van der Waals surface area contributed by atoms with E-state index in [9.17, 15) is 0 Å². The lowest BCUT2D eigenvalue weighted by Gasteiger charge is -2.22. The van der Waals surface area contributed by atoms with Crippen LogP contribution < -0.4 is 5.73 Å². The summed E-state index contributed by atoms with van der Waals surface area (Å²) < 4.78 is 0. The molecule has 0 heterocycles. The Labute approximate surface area is 122 Å². The molecule has 20 heavy (non-hydrogen) atoms. The van der Waals surface area contributed by atoms with Crippen LogP contribution in [0.3, 0.4) is 0 Å².